The fraction of sp³-hybridized carbons (Fsp3) is 0.125. The first-order chi connectivity index (χ1) is 13.9. The fourth-order valence-corrected chi connectivity index (χ4v) is 3.05. The maximum absolute atomic E-state index is 12.7. The van der Waals surface area contributed by atoms with Crippen molar-refractivity contribution in [3.63, 3.8) is 0 Å². The molecule has 0 saturated heterocycles. The number of hydrogen-bond donors (Lipinski definition) is 1. The normalized spacial score (nSPS) is 10.4. The molecule has 3 rings (SSSR count). The van der Waals surface area contributed by atoms with Crippen LogP contribution in [0.2, 0.25) is 0 Å². The second kappa shape index (κ2) is 8.52. The average Bonchev–Trinajstić information content (AvgIpc) is 2.73. The molecule has 0 radical (unpaired) electrons. The molecule has 5 heteroatoms. The van der Waals surface area contributed by atoms with Crippen LogP contribution in [0, 0.1) is 6.92 Å². The van der Waals surface area contributed by atoms with Gasteiger partial charge in [0.2, 0.25) is 5.91 Å². The molecule has 0 unspecified atom stereocenters. The van der Waals surface area contributed by atoms with Crippen molar-refractivity contribution < 1.29 is 19.1 Å². The first-order valence-corrected chi connectivity index (χ1v) is 9.10. The van der Waals surface area contributed by atoms with Crippen molar-refractivity contribution in [2.24, 2.45) is 5.73 Å². The number of ketones is 1. The summed E-state index contributed by atoms with van der Waals surface area (Å²) in [5.74, 6) is -1.03. The smallest absolute Gasteiger partial charge is 0.337 e. The molecule has 0 aliphatic rings. The molecule has 0 heterocycles. The zero-order valence-corrected chi connectivity index (χ0v) is 16.3. The highest BCUT2D eigenvalue weighted by Gasteiger charge is 2.14. The van der Waals surface area contributed by atoms with Gasteiger partial charge in [0.25, 0.3) is 0 Å². The van der Waals surface area contributed by atoms with Crippen LogP contribution < -0.4 is 5.73 Å². The number of rotatable bonds is 6. The monoisotopic (exact) mass is 387 g/mol. The molecule has 0 aliphatic heterocycles. The van der Waals surface area contributed by atoms with Gasteiger partial charge < -0.3 is 10.5 Å². The Morgan fingerprint density at radius 2 is 1.41 bits per heavy atom. The lowest BCUT2D eigenvalue weighted by Gasteiger charge is -2.10. The summed E-state index contributed by atoms with van der Waals surface area (Å²) >= 11 is 0. The maximum Gasteiger partial charge on any atom is 0.337 e. The lowest BCUT2D eigenvalue weighted by Crippen LogP contribution is -2.10. The quantitative estimate of drug-likeness (QED) is 0.512. The second-order valence-electron chi connectivity index (χ2n) is 6.82. The van der Waals surface area contributed by atoms with E-state index in [1.54, 1.807) is 48.5 Å². The number of aryl methyl sites for hydroxylation is 1. The predicted molar refractivity (Wildman–Crippen MR) is 111 cm³/mol. The minimum atomic E-state index is -0.510. The standard InChI is InChI=1S/C24H21NO4/c1-15-3-5-18(6-4-15)22(26)13-16-11-20(14-21(12-16)24(28)29-2)17-7-9-19(10-8-17)23(25)27/h3-12,14H,13H2,1-2H3,(H2,25,27). The molecule has 5 nitrogen and oxygen atoms in total. The molecule has 0 spiro atoms. The molecule has 146 valence electrons. The Morgan fingerprint density at radius 3 is 2.00 bits per heavy atom. The van der Waals surface area contributed by atoms with Crippen molar-refractivity contribution >= 4 is 17.7 Å². The predicted octanol–water partition coefficient (Wildman–Crippen LogP) is 3.97. The minimum absolute atomic E-state index is 0.0398. The number of amides is 1. The number of hydrogen-bond acceptors (Lipinski definition) is 4. The van der Waals surface area contributed by atoms with Gasteiger partial charge in [0, 0.05) is 17.5 Å². The van der Waals surface area contributed by atoms with E-state index in [1.807, 2.05) is 25.1 Å². The molecule has 0 bridgehead atoms. The SMILES string of the molecule is COC(=O)c1cc(CC(=O)c2ccc(C)cc2)cc(-c2ccc(C(N)=O)cc2)c1. The Bertz CT molecular complexity index is 1070. The van der Waals surface area contributed by atoms with Crippen molar-refractivity contribution in [1.82, 2.24) is 0 Å². The number of ether oxygens (including phenoxy) is 1. The van der Waals surface area contributed by atoms with Gasteiger partial charge in [-0.2, -0.15) is 0 Å². The number of primary amides is 1. The largest absolute Gasteiger partial charge is 0.465 e. The highest BCUT2D eigenvalue weighted by molar-refractivity contribution is 5.98. The van der Waals surface area contributed by atoms with Crippen LogP contribution in [0.1, 0.15) is 42.2 Å². The lowest BCUT2D eigenvalue weighted by atomic mass is 9.95. The number of Topliss-reactive ketones (excluding diaryl/α,β-unsaturated/α-hetero) is 1. The third-order valence-corrected chi connectivity index (χ3v) is 4.65. The molecule has 0 aliphatic carbocycles. The van der Waals surface area contributed by atoms with Crippen molar-refractivity contribution in [2.45, 2.75) is 13.3 Å². The van der Waals surface area contributed by atoms with E-state index >= 15 is 0 Å². The maximum atomic E-state index is 12.7. The highest BCUT2D eigenvalue weighted by Crippen LogP contribution is 2.24. The van der Waals surface area contributed by atoms with Crippen LogP contribution in [0.15, 0.2) is 66.7 Å². The van der Waals surface area contributed by atoms with Crippen LogP contribution in [0.5, 0.6) is 0 Å². The van der Waals surface area contributed by atoms with Gasteiger partial charge in [0.15, 0.2) is 5.78 Å². The Balaban J connectivity index is 1.97. The first-order valence-electron chi connectivity index (χ1n) is 9.10. The van der Waals surface area contributed by atoms with Gasteiger partial charge in [0.05, 0.1) is 12.7 Å². The van der Waals surface area contributed by atoms with Gasteiger partial charge in [-0.15, -0.1) is 0 Å². The number of benzene rings is 3. The van der Waals surface area contributed by atoms with Gasteiger partial charge in [0.1, 0.15) is 0 Å². The van der Waals surface area contributed by atoms with E-state index in [2.05, 4.69) is 0 Å². The average molecular weight is 387 g/mol. The van der Waals surface area contributed by atoms with E-state index in [1.165, 1.54) is 7.11 Å². The van der Waals surface area contributed by atoms with Gasteiger partial charge in [-0.25, -0.2) is 4.79 Å². The molecule has 0 fully saturated rings. The third-order valence-electron chi connectivity index (χ3n) is 4.65. The lowest BCUT2D eigenvalue weighted by molar-refractivity contribution is 0.0600. The fourth-order valence-electron chi connectivity index (χ4n) is 3.05. The molecular formula is C24H21NO4. The molecule has 0 saturated carbocycles. The van der Waals surface area contributed by atoms with Crippen LogP contribution in [-0.2, 0) is 11.2 Å². The Kier molecular flexibility index (Phi) is 5.88. The third kappa shape index (κ3) is 4.76. The summed E-state index contributed by atoms with van der Waals surface area (Å²) in [5, 5.41) is 0. The summed E-state index contributed by atoms with van der Waals surface area (Å²) in [6, 6.07) is 19.4. The summed E-state index contributed by atoms with van der Waals surface area (Å²) in [6.45, 7) is 1.96. The van der Waals surface area contributed by atoms with Crippen LogP contribution >= 0.6 is 0 Å². The van der Waals surface area contributed by atoms with Crippen LogP contribution in [-0.4, -0.2) is 24.8 Å². The highest BCUT2D eigenvalue weighted by atomic mass is 16.5. The molecule has 3 aromatic carbocycles. The van der Waals surface area contributed by atoms with E-state index in [9.17, 15) is 14.4 Å². The molecule has 29 heavy (non-hydrogen) atoms. The van der Waals surface area contributed by atoms with Gasteiger partial charge >= 0.3 is 5.97 Å². The summed E-state index contributed by atoms with van der Waals surface area (Å²) in [5.41, 5.74) is 9.98. The number of nitrogens with two attached hydrogens (primary N) is 1. The van der Waals surface area contributed by atoms with Gasteiger partial charge in [-0.3, -0.25) is 9.59 Å². The number of esters is 1. The van der Waals surface area contributed by atoms with Crippen molar-refractivity contribution in [3.05, 3.63) is 94.5 Å². The molecule has 2 N–H and O–H groups in total. The Morgan fingerprint density at radius 1 is 0.793 bits per heavy atom. The van der Waals surface area contributed by atoms with E-state index in [0.29, 0.717) is 22.3 Å². The number of methoxy groups -OCH3 is 1. The Labute approximate surface area is 169 Å². The van der Waals surface area contributed by atoms with E-state index in [-0.39, 0.29) is 12.2 Å². The summed E-state index contributed by atoms with van der Waals surface area (Å²) in [4.78, 5) is 36.1. The van der Waals surface area contributed by atoms with Gasteiger partial charge in [-0.1, -0.05) is 48.0 Å². The number of carbonyl (C=O) groups is 3. The molecular weight excluding hydrogens is 366 g/mol. The Hall–Kier alpha value is -3.73. The molecule has 0 atom stereocenters. The van der Waals surface area contributed by atoms with Gasteiger partial charge in [-0.05, 0) is 47.9 Å². The molecule has 1 amide bonds. The molecule has 0 aromatic heterocycles. The van der Waals surface area contributed by atoms with Crippen LogP contribution in [0.3, 0.4) is 0 Å². The number of carbonyl (C=O) groups excluding carboxylic acids is 3. The zero-order chi connectivity index (χ0) is 21.0. The van der Waals surface area contributed by atoms with E-state index in [4.69, 9.17) is 10.5 Å². The van der Waals surface area contributed by atoms with E-state index in [0.717, 1.165) is 16.7 Å². The summed E-state index contributed by atoms with van der Waals surface area (Å²) in [7, 11) is 1.31. The van der Waals surface area contributed by atoms with Crippen molar-refractivity contribution in [2.75, 3.05) is 7.11 Å². The zero-order valence-electron chi connectivity index (χ0n) is 16.3. The minimum Gasteiger partial charge on any atom is -0.465 e. The molecule has 3 aromatic rings. The van der Waals surface area contributed by atoms with E-state index < -0.39 is 11.9 Å². The van der Waals surface area contributed by atoms with Crippen LogP contribution in [0.25, 0.3) is 11.1 Å². The first kappa shape index (κ1) is 20.0. The topological polar surface area (TPSA) is 86.5 Å². The summed E-state index contributed by atoms with van der Waals surface area (Å²) < 4.78 is 4.85. The van der Waals surface area contributed by atoms with Crippen molar-refractivity contribution in [1.29, 1.82) is 0 Å². The van der Waals surface area contributed by atoms with Crippen LogP contribution in [0.4, 0.5) is 0 Å². The summed E-state index contributed by atoms with van der Waals surface area (Å²) in [6.07, 6.45) is 0.153. The van der Waals surface area contributed by atoms with Crippen molar-refractivity contribution in [3.8, 4) is 11.1 Å². The second-order valence-corrected chi connectivity index (χ2v) is 6.82.